The summed E-state index contributed by atoms with van der Waals surface area (Å²) in [6.45, 7) is 5.37. The Bertz CT molecular complexity index is 911. The van der Waals surface area contributed by atoms with Crippen LogP contribution in [0.5, 0.6) is 0 Å². The number of ether oxygens (including phenoxy) is 2. The smallest absolute Gasteiger partial charge is 0.375 e. The van der Waals surface area contributed by atoms with Gasteiger partial charge >= 0.3 is 5.97 Å². The Hall–Kier alpha value is -2.47. The van der Waals surface area contributed by atoms with E-state index in [1.165, 1.54) is 5.69 Å². The molecule has 1 aliphatic heterocycles. The largest absolute Gasteiger partial charge is 0.455 e. The molecule has 2 aliphatic rings. The predicted octanol–water partition coefficient (Wildman–Crippen LogP) is 3.95. The summed E-state index contributed by atoms with van der Waals surface area (Å²) in [6, 6.07) is 9.37. The van der Waals surface area contributed by atoms with Gasteiger partial charge in [0.15, 0.2) is 0 Å². The third kappa shape index (κ3) is 4.64. The molecule has 1 atom stereocenters. The maximum atomic E-state index is 12.6. The van der Waals surface area contributed by atoms with E-state index in [4.69, 9.17) is 14.6 Å². The number of benzene rings is 1. The molecule has 1 aliphatic carbocycles. The number of nitrogens with zero attached hydrogens (tertiary/aromatic N) is 2. The zero-order chi connectivity index (χ0) is 21.1. The predicted molar refractivity (Wildman–Crippen MR) is 112 cm³/mol. The molecule has 1 fully saturated rings. The van der Waals surface area contributed by atoms with E-state index >= 15 is 0 Å². The van der Waals surface area contributed by atoms with Gasteiger partial charge in [-0.25, -0.2) is 9.48 Å². The van der Waals surface area contributed by atoms with Crippen molar-refractivity contribution in [3.05, 3.63) is 52.8 Å². The second-order valence-corrected chi connectivity index (χ2v) is 9.14. The highest BCUT2D eigenvalue weighted by molar-refractivity contribution is 6.34. The highest BCUT2D eigenvalue weighted by Crippen LogP contribution is 2.38. The minimum Gasteiger partial charge on any atom is -0.455 e. The summed E-state index contributed by atoms with van der Waals surface area (Å²) >= 11 is 0. The number of carbonyl (C=O) groups is 2. The van der Waals surface area contributed by atoms with Gasteiger partial charge in [-0.3, -0.25) is 4.79 Å². The second kappa shape index (κ2) is 8.72. The second-order valence-electron chi connectivity index (χ2n) is 9.14. The molecular formula is C24H30N2O4. The summed E-state index contributed by atoms with van der Waals surface area (Å²) in [7, 11) is 0. The average molecular weight is 411 g/mol. The third-order valence-corrected chi connectivity index (χ3v) is 6.10. The summed E-state index contributed by atoms with van der Waals surface area (Å²) in [6.07, 6.45) is 5.84. The van der Waals surface area contributed by atoms with Gasteiger partial charge in [0.25, 0.3) is 0 Å². The molecular weight excluding hydrogens is 380 g/mol. The molecule has 2 heterocycles. The van der Waals surface area contributed by atoms with E-state index in [0.29, 0.717) is 5.69 Å². The van der Waals surface area contributed by atoms with E-state index in [1.807, 2.05) is 35.0 Å². The van der Waals surface area contributed by atoms with E-state index < -0.39 is 11.8 Å². The first-order chi connectivity index (χ1) is 14.4. The van der Waals surface area contributed by atoms with Crippen molar-refractivity contribution in [1.29, 1.82) is 0 Å². The van der Waals surface area contributed by atoms with Crippen LogP contribution in [0.4, 0.5) is 0 Å². The lowest BCUT2D eigenvalue weighted by Crippen LogP contribution is -2.27. The summed E-state index contributed by atoms with van der Waals surface area (Å²) in [5.41, 5.74) is 4.04. The molecule has 1 aromatic heterocycles. The lowest BCUT2D eigenvalue weighted by Gasteiger charge is -2.32. The van der Waals surface area contributed by atoms with Gasteiger partial charge in [0.05, 0.1) is 12.1 Å². The SMILES string of the molecule is CC1(C)CCc2c(CC(=O)C(=O)OCc3ccccc3)nn(C3CCCCO3)c2C1. The first kappa shape index (κ1) is 20.8. The zero-order valence-corrected chi connectivity index (χ0v) is 17.9. The summed E-state index contributed by atoms with van der Waals surface area (Å²) < 4.78 is 13.2. The molecule has 160 valence electrons. The van der Waals surface area contributed by atoms with Crippen molar-refractivity contribution >= 4 is 11.8 Å². The number of esters is 1. The van der Waals surface area contributed by atoms with Crippen molar-refractivity contribution in [1.82, 2.24) is 9.78 Å². The number of aromatic nitrogens is 2. The van der Waals surface area contributed by atoms with Crippen LogP contribution in [0.25, 0.3) is 0 Å². The molecule has 0 radical (unpaired) electrons. The van der Waals surface area contributed by atoms with Gasteiger partial charge in [-0.15, -0.1) is 0 Å². The third-order valence-electron chi connectivity index (χ3n) is 6.10. The van der Waals surface area contributed by atoms with Crippen LogP contribution in [0.2, 0.25) is 0 Å². The van der Waals surface area contributed by atoms with E-state index in [0.717, 1.165) is 56.3 Å². The molecule has 0 N–H and O–H groups in total. The van der Waals surface area contributed by atoms with Crippen molar-refractivity contribution in [2.45, 2.75) is 71.6 Å². The Kier molecular flexibility index (Phi) is 6.04. The highest BCUT2D eigenvalue weighted by atomic mass is 16.5. The fourth-order valence-electron chi connectivity index (χ4n) is 4.36. The quantitative estimate of drug-likeness (QED) is 0.533. The molecule has 0 amide bonds. The first-order valence-electron chi connectivity index (χ1n) is 10.9. The molecule has 1 saturated heterocycles. The van der Waals surface area contributed by atoms with Gasteiger partial charge in [-0.2, -0.15) is 5.10 Å². The Morgan fingerprint density at radius 1 is 1.23 bits per heavy atom. The molecule has 0 bridgehead atoms. The van der Waals surface area contributed by atoms with Crippen LogP contribution in [0, 0.1) is 5.41 Å². The Morgan fingerprint density at radius 2 is 2.03 bits per heavy atom. The summed E-state index contributed by atoms with van der Waals surface area (Å²) in [4.78, 5) is 24.8. The van der Waals surface area contributed by atoms with Crippen LogP contribution in [-0.2, 0) is 44.9 Å². The molecule has 1 aromatic carbocycles. The molecule has 2 aromatic rings. The van der Waals surface area contributed by atoms with Crippen molar-refractivity contribution in [2.75, 3.05) is 6.61 Å². The van der Waals surface area contributed by atoms with E-state index in [-0.39, 0.29) is 24.7 Å². The highest BCUT2D eigenvalue weighted by Gasteiger charge is 2.34. The van der Waals surface area contributed by atoms with E-state index in [2.05, 4.69) is 13.8 Å². The summed E-state index contributed by atoms with van der Waals surface area (Å²) in [5.74, 6) is -1.35. The number of rotatable bonds is 6. The van der Waals surface area contributed by atoms with Crippen LogP contribution in [0.1, 0.15) is 68.3 Å². The number of hydrogen-bond acceptors (Lipinski definition) is 5. The number of ketones is 1. The minimum atomic E-state index is -0.799. The Labute approximate surface area is 177 Å². The maximum absolute atomic E-state index is 12.6. The van der Waals surface area contributed by atoms with Crippen LogP contribution in [0.15, 0.2) is 30.3 Å². The molecule has 6 heteroatoms. The van der Waals surface area contributed by atoms with Crippen LogP contribution >= 0.6 is 0 Å². The minimum absolute atomic E-state index is 0.0178. The van der Waals surface area contributed by atoms with Crippen molar-refractivity contribution in [3.63, 3.8) is 0 Å². The van der Waals surface area contributed by atoms with Gasteiger partial charge in [0.1, 0.15) is 12.8 Å². The number of Topliss-reactive ketones (excluding diaryl/α,β-unsaturated/α-hetero) is 1. The fourth-order valence-corrected chi connectivity index (χ4v) is 4.36. The zero-order valence-electron chi connectivity index (χ0n) is 17.9. The lowest BCUT2D eigenvalue weighted by atomic mass is 9.76. The van der Waals surface area contributed by atoms with Gasteiger partial charge in [0, 0.05) is 12.3 Å². The van der Waals surface area contributed by atoms with Crippen LogP contribution < -0.4 is 0 Å². The first-order valence-corrected chi connectivity index (χ1v) is 10.9. The number of fused-ring (bicyclic) bond motifs is 1. The van der Waals surface area contributed by atoms with E-state index in [9.17, 15) is 9.59 Å². The fraction of sp³-hybridized carbons (Fsp3) is 0.542. The number of carbonyl (C=O) groups excluding carboxylic acids is 2. The van der Waals surface area contributed by atoms with Crippen LogP contribution in [-0.4, -0.2) is 28.1 Å². The molecule has 6 nitrogen and oxygen atoms in total. The Morgan fingerprint density at radius 3 is 2.77 bits per heavy atom. The van der Waals surface area contributed by atoms with Crippen LogP contribution in [0.3, 0.4) is 0 Å². The Balaban J connectivity index is 1.50. The summed E-state index contributed by atoms with van der Waals surface area (Å²) in [5, 5.41) is 4.78. The standard InChI is InChI=1S/C24H30N2O4/c1-24(2)12-11-18-19(25-26(20(18)15-24)22-10-6-7-13-29-22)14-21(27)23(28)30-16-17-8-4-3-5-9-17/h3-5,8-9,22H,6-7,10-16H2,1-2H3. The van der Waals surface area contributed by atoms with E-state index in [1.54, 1.807) is 0 Å². The molecule has 4 rings (SSSR count). The van der Waals surface area contributed by atoms with Crippen molar-refractivity contribution in [2.24, 2.45) is 5.41 Å². The molecule has 1 unspecified atom stereocenters. The maximum Gasteiger partial charge on any atom is 0.375 e. The molecule has 0 spiro atoms. The number of hydrogen-bond donors (Lipinski definition) is 0. The normalized spacial score (nSPS) is 20.4. The van der Waals surface area contributed by atoms with Crippen molar-refractivity contribution < 1.29 is 19.1 Å². The monoisotopic (exact) mass is 410 g/mol. The van der Waals surface area contributed by atoms with Gasteiger partial charge < -0.3 is 9.47 Å². The lowest BCUT2D eigenvalue weighted by molar-refractivity contribution is -0.154. The van der Waals surface area contributed by atoms with Gasteiger partial charge in [-0.05, 0) is 55.1 Å². The van der Waals surface area contributed by atoms with Gasteiger partial charge in [0.2, 0.25) is 5.78 Å². The van der Waals surface area contributed by atoms with Crippen molar-refractivity contribution in [3.8, 4) is 0 Å². The molecule has 0 saturated carbocycles. The average Bonchev–Trinajstić information content (AvgIpc) is 3.09. The van der Waals surface area contributed by atoms with Gasteiger partial charge in [-0.1, -0.05) is 44.2 Å². The molecule has 30 heavy (non-hydrogen) atoms. The topological polar surface area (TPSA) is 70.4 Å².